The Morgan fingerprint density at radius 1 is 1.30 bits per heavy atom. The molecule has 3 heteroatoms. The first-order valence-corrected chi connectivity index (χ1v) is 11.8. The second-order valence-corrected chi connectivity index (χ2v) is 14.8. The van der Waals surface area contributed by atoms with Gasteiger partial charge < -0.3 is 0 Å². The third kappa shape index (κ3) is 8.78. The fourth-order valence-corrected chi connectivity index (χ4v) is 5.07. The highest BCUT2D eigenvalue weighted by Crippen LogP contribution is 2.20. The first-order valence-electron chi connectivity index (χ1n) is 4.20. The summed E-state index contributed by atoms with van der Waals surface area (Å²) < 4.78 is 0. The Bertz CT molecular complexity index is 78.2. The summed E-state index contributed by atoms with van der Waals surface area (Å²) in [6.07, 6.45) is 1.48. The zero-order chi connectivity index (χ0) is 8.04. The van der Waals surface area contributed by atoms with Crippen molar-refractivity contribution in [3.8, 4) is 0 Å². The average Bonchev–Trinajstić information content (AvgIpc) is 1.78. The van der Waals surface area contributed by atoms with Crippen LogP contribution >= 0.6 is 11.2 Å². The second-order valence-electron chi connectivity index (χ2n) is 3.67. The lowest BCUT2D eigenvalue weighted by atomic mass is 10.6. The van der Waals surface area contributed by atoms with Gasteiger partial charge in [0.15, 0.2) is 0 Å². The molecule has 0 amide bonds. The van der Waals surface area contributed by atoms with Crippen LogP contribution in [0.15, 0.2) is 0 Å². The van der Waals surface area contributed by atoms with Crippen LogP contribution in [0.4, 0.5) is 0 Å². The molecule has 0 aromatic rings. The third-order valence-electron chi connectivity index (χ3n) is 1.28. The first-order chi connectivity index (χ1) is 4.56. The van der Waals surface area contributed by atoms with E-state index in [1.54, 1.807) is 6.04 Å². The Kier molecular flexibility index (Phi) is 5.86. The normalized spacial score (nSPS) is 13.2. The highest BCUT2D eigenvalue weighted by atomic mass is 32.4. The Balaban J connectivity index is 3.04. The van der Waals surface area contributed by atoms with Crippen molar-refractivity contribution in [1.29, 1.82) is 0 Å². The molecule has 0 aliphatic rings. The van der Waals surface area contributed by atoms with Crippen LogP contribution in [0.1, 0.15) is 6.42 Å². The van der Waals surface area contributed by atoms with E-state index in [4.69, 9.17) is 0 Å². The van der Waals surface area contributed by atoms with Crippen LogP contribution in [0.2, 0.25) is 32.2 Å². The zero-order valence-electron chi connectivity index (χ0n) is 7.74. The van der Waals surface area contributed by atoms with Crippen molar-refractivity contribution >= 4 is 28.0 Å². The number of hydrogen-bond acceptors (Lipinski definition) is 1. The fraction of sp³-hybridized carbons (Fsp3) is 1.00. The second kappa shape index (κ2) is 5.44. The van der Waals surface area contributed by atoms with E-state index in [-0.39, 0.29) is 0 Å². The van der Waals surface area contributed by atoms with Gasteiger partial charge in [-0.3, -0.25) is 0 Å². The molecule has 10 heavy (non-hydrogen) atoms. The molecule has 0 rings (SSSR count). The molecule has 0 aromatic heterocycles. The molecule has 62 valence electrons. The zero-order valence-corrected chi connectivity index (χ0v) is 11.0. The summed E-state index contributed by atoms with van der Waals surface area (Å²) in [5, 5.41) is 0. The van der Waals surface area contributed by atoms with Crippen molar-refractivity contribution in [2.45, 2.75) is 38.7 Å². The molecule has 0 bridgehead atoms. The van der Waals surface area contributed by atoms with Gasteiger partial charge in [0.2, 0.25) is 0 Å². The summed E-state index contributed by atoms with van der Waals surface area (Å²) in [5.74, 6) is 1.43. The van der Waals surface area contributed by atoms with Crippen LogP contribution in [-0.4, -0.2) is 22.5 Å². The maximum absolute atomic E-state index is 2.43. The smallest absolute Gasteiger partial charge is 0.108 e. The van der Waals surface area contributed by atoms with Crippen molar-refractivity contribution in [3.05, 3.63) is 0 Å². The molecule has 0 aliphatic carbocycles. The van der Waals surface area contributed by atoms with E-state index < -0.39 is 7.22 Å². The minimum atomic E-state index is -0.775. The van der Waals surface area contributed by atoms with Gasteiger partial charge in [-0.1, -0.05) is 32.2 Å². The topological polar surface area (TPSA) is 0 Å². The molecular formula is C7H20SSi2. The summed E-state index contributed by atoms with van der Waals surface area (Å²) in [6.45, 7) is 9.70. The monoisotopic (exact) mass is 192 g/mol. The predicted octanol–water partition coefficient (Wildman–Crippen LogP) is 2.58. The van der Waals surface area contributed by atoms with E-state index >= 15 is 0 Å². The lowest BCUT2D eigenvalue weighted by molar-refractivity contribution is 1.09. The molecule has 0 radical (unpaired) electrons. The summed E-state index contributed by atoms with van der Waals surface area (Å²) in [6, 6.07) is 1.55. The van der Waals surface area contributed by atoms with Gasteiger partial charge in [-0.25, -0.2) is 0 Å². The Morgan fingerprint density at radius 2 is 1.90 bits per heavy atom. The van der Waals surface area contributed by atoms with Crippen LogP contribution in [0.25, 0.3) is 0 Å². The van der Waals surface area contributed by atoms with Crippen molar-refractivity contribution in [2.24, 2.45) is 0 Å². The predicted molar refractivity (Wildman–Crippen MR) is 59.6 cm³/mol. The molecule has 0 spiro atoms. The average molecular weight is 192 g/mol. The van der Waals surface area contributed by atoms with E-state index in [2.05, 4.69) is 37.4 Å². The van der Waals surface area contributed by atoms with Gasteiger partial charge in [0.25, 0.3) is 0 Å². The minimum absolute atomic E-state index is 0.352. The summed E-state index contributed by atoms with van der Waals surface area (Å²) >= 11 is 2.23. The molecule has 0 aromatic carbocycles. The van der Waals surface area contributed by atoms with E-state index in [1.165, 1.54) is 12.2 Å². The van der Waals surface area contributed by atoms with E-state index in [0.717, 1.165) is 0 Å². The standard InChI is InChI=1S/C7H20SSi2/c1-9-7-5-6-8-10(2,3)4/h5-7,9H2,1-4H3. The van der Waals surface area contributed by atoms with E-state index in [0.29, 0.717) is 9.52 Å². The van der Waals surface area contributed by atoms with Crippen LogP contribution < -0.4 is 0 Å². The lowest BCUT2D eigenvalue weighted by Gasteiger charge is -2.14. The lowest BCUT2D eigenvalue weighted by Crippen LogP contribution is -2.14. The molecule has 0 saturated carbocycles. The van der Waals surface area contributed by atoms with Gasteiger partial charge in [0.1, 0.15) is 7.22 Å². The van der Waals surface area contributed by atoms with Crippen molar-refractivity contribution in [2.75, 3.05) is 5.75 Å². The maximum atomic E-state index is 2.43. The number of hydrogen-bond donors (Lipinski definition) is 0. The summed E-state index contributed by atoms with van der Waals surface area (Å²) in [4.78, 5) is 0. The Labute approximate surface area is 72.7 Å². The van der Waals surface area contributed by atoms with Crippen LogP contribution in [0.5, 0.6) is 0 Å². The highest BCUT2D eigenvalue weighted by Gasteiger charge is 2.11. The van der Waals surface area contributed by atoms with E-state index in [1.807, 2.05) is 0 Å². The van der Waals surface area contributed by atoms with Gasteiger partial charge in [0.05, 0.1) is 0 Å². The molecule has 0 N–H and O–H groups in total. The van der Waals surface area contributed by atoms with Gasteiger partial charge in [-0.15, -0.1) is 0 Å². The first kappa shape index (κ1) is 10.8. The minimum Gasteiger partial charge on any atom is -0.186 e. The molecule has 0 fully saturated rings. The summed E-state index contributed by atoms with van der Waals surface area (Å²) in [7, 11) is -0.423. The van der Waals surface area contributed by atoms with Crippen molar-refractivity contribution in [1.82, 2.24) is 0 Å². The largest absolute Gasteiger partial charge is 0.186 e. The fourth-order valence-electron chi connectivity index (χ4n) is 0.730. The number of rotatable bonds is 5. The van der Waals surface area contributed by atoms with Crippen LogP contribution in [0.3, 0.4) is 0 Å². The van der Waals surface area contributed by atoms with Gasteiger partial charge in [-0.2, -0.15) is 11.2 Å². The van der Waals surface area contributed by atoms with Gasteiger partial charge >= 0.3 is 0 Å². The van der Waals surface area contributed by atoms with E-state index in [9.17, 15) is 0 Å². The van der Waals surface area contributed by atoms with Gasteiger partial charge in [-0.05, 0) is 12.2 Å². The Morgan fingerprint density at radius 3 is 2.30 bits per heavy atom. The quantitative estimate of drug-likeness (QED) is 0.477. The molecule has 0 atom stereocenters. The molecule has 0 heterocycles. The highest BCUT2D eigenvalue weighted by molar-refractivity contribution is 8.28. The molecule has 0 aliphatic heterocycles. The maximum Gasteiger partial charge on any atom is 0.108 e. The van der Waals surface area contributed by atoms with Crippen molar-refractivity contribution < 1.29 is 0 Å². The molecule has 0 unspecified atom stereocenters. The van der Waals surface area contributed by atoms with Crippen molar-refractivity contribution in [3.63, 3.8) is 0 Å². The summed E-state index contributed by atoms with van der Waals surface area (Å²) in [5.41, 5.74) is 0. The third-order valence-corrected chi connectivity index (χ3v) is 7.06. The molecule has 0 saturated heterocycles. The Hall–Kier alpha value is 0.784. The molecule has 0 nitrogen and oxygen atoms in total. The van der Waals surface area contributed by atoms with Crippen LogP contribution in [0, 0.1) is 0 Å². The SMILES string of the molecule is C[SiH2]CCCS[Si](C)(C)C. The molecular weight excluding hydrogens is 172 g/mol. The van der Waals surface area contributed by atoms with Gasteiger partial charge in [0, 0.05) is 9.52 Å². The van der Waals surface area contributed by atoms with Crippen LogP contribution in [-0.2, 0) is 0 Å².